The average Bonchev–Trinajstić information content (AvgIpc) is 3.20. The number of amides is 1. The third-order valence-corrected chi connectivity index (χ3v) is 5.85. The summed E-state index contributed by atoms with van der Waals surface area (Å²) in [6.45, 7) is 7.23. The zero-order valence-corrected chi connectivity index (χ0v) is 20.7. The van der Waals surface area contributed by atoms with Gasteiger partial charge in [-0.1, -0.05) is 24.8 Å². The number of benzene rings is 1. The molecule has 0 aliphatic carbocycles. The number of methoxy groups -OCH3 is 2. The molecule has 0 aliphatic heterocycles. The number of aromatic nitrogens is 4. The van der Waals surface area contributed by atoms with Crippen molar-refractivity contribution >= 4 is 34.5 Å². The first kappa shape index (κ1) is 24.6. The Bertz CT molecular complexity index is 1090. The first-order valence-electron chi connectivity index (χ1n) is 11.1. The van der Waals surface area contributed by atoms with E-state index in [-0.39, 0.29) is 18.4 Å². The van der Waals surface area contributed by atoms with Gasteiger partial charge < -0.3 is 20.1 Å². The first-order valence-corrected chi connectivity index (χ1v) is 12.0. The van der Waals surface area contributed by atoms with Gasteiger partial charge in [-0.15, -0.1) is 0 Å². The Labute approximate surface area is 198 Å². The lowest BCUT2D eigenvalue weighted by atomic mass is 10.1. The number of rotatable bonds is 12. The van der Waals surface area contributed by atoms with Gasteiger partial charge in [0.2, 0.25) is 5.91 Å². The number of fused-ring (bicyclic) bond motifs is 1. The lowest BCUT2D eigenvalue weighted by molar-refractivity contribution is -0.120. The highest BCUT2D eigenvalue weighted by molar-refractivity contribution is 7.99. The molecule has 0 bridgehead atoms. The number of nitrogens with zero attached hydrogens (tertiary/aromatic N) is 4. The summed E-state index contributed by atoms with van der Waals surface area (Å²) in [4.78, 5) is 21.8. The van der Waals surface area contributed by atoms with Crippen molar-refractivity contribution in [2.75, 3.05) is 31.8 Å². The monoisotopic (exact) mass is 472 g/mol. The number of ether oxygens (including phenoxy) is 2. The summed E-state index contributed by atoms with van der Waals surface area (Å²) < 4.78 is 12.4. The minimum absolute atomic E-state index is 0.0744. The zero-order valence-electron chi connectivity index (χ0n) is 19.8. The summed E-state index contributed by atoms with van der Waals surface area (Å²) in [5.41, 5.74) is 1.62. The molecule has 0 atom stereocenters. The van der Waals surface area contributed by atoms with Crippen molar-refractivity contribution in [2.24, 2.45) is 0 Å². The highest BCUT2D eigenvalue weighted by Gasteiger charge is 2.14. The lowest BCUT2D eigenvalue weighted by Gasteiger charge is -2.12. The van der Waals surface area contributed by atoms with Gasteiger partial charge in [0.15, 0.2) is 22.3 Å². The SMILES string of the molecule is CCCSc1nc(NC(C)C)c2cnn(CCNC(=O)Cc3ccc(OC)c(OC)c3)c2n1. The van der Waals surface area contributed by atoms with E-state index in [1.165, 1.54) is 0 Å². The van der Waals surface area contributed by atoms with Gasteiger partial charge in [-0.3, -0.25) is 4.79 Å². The predicted molar refractivity (Wildman–Crippen MR) is 131 cm³/mol. The minimum atomic E-state index is -0.0744. The lowest BCUT2D eigenvalue weighted by Crippen LogP contribution is -2.29. The number of thioether (sulfide) groups is 1. The summed E-state index contributed by atoms with van der Waals surface area (Å²) in [7, 11) is 3.16. The molecule has 10 heteroatoms. The van der Waals surface area contributed by atoms with E-state index in [0.29, 0.717) is 24.6 Å². The van der Waals surface area contributed by atoms with Gasteiger partial charge in [-0.05, 0) is 38.0 Å². The van der Waals surface area contributed by atoms with Crippen LogP contribution in [0.5, 0.6) is 11.5 Å². The summed E-state index contributed by atoms with van der Waals surface area (Å²) in [6.07, 6.45) is 3.08. The second-order valence-corrected chi connectivity index (χ2v) is 8.89. The van der Waals surface area contributed by atoms with Crippen molar-refractivity contribution in [2.45, 2.75) is 51.4 Å². The maximum Gasteiger partial charge on any atom is 0.224 e. The Balaban J connectivity index is 1.66. The Kier molecular flexibility index (Phi) is 8.76. The smallest absolute Gasteiger partial charge is 0.224 e. The third kappa shape index (κ3) is 6.50. The Morgan fingerprint density at radius 1 is 1.18 bits per heavy atom. The van der Waals surface area contributed by atoms with E-state index >= 15 is 0 Å². The average molecular weight is 473 g/mol. The van der Waals surface area contributed by atoms with Crippen LogP contribution in [0.2, 0.25) is 0 Å². The summed E-state index contributed by atoms with van der Waals surface area (Å²) in [6, 6.07) is 5.71. The van der Waals surface area contributed by atoms with Crippen molar-refractivity contribution in [3.63, 3.8) is 0 Å². The van der Waals surface area contributed by atoms with Crippen LogP contribution >= 0.6 is 11.8 Å². The van der Waals surface area contributed by atoms with Crippen molar-refractivity contribution < 1.29 is 14.3 Å². The van der Waals surface area contributed by atoms with Crippen LogP contribution in [0.15, 0.2) is 29.6 Å². The van der Waals surface area contributed by atoms with Gasteiger partial charge in [0.05, 0.1) is 38.8 Å². The molecule has 0 radical (unpaired) electrons. The van der Waals surface area contributed by atoms with E-state index < -0.39 is 0 Å². The number of nitrogens with one attached hydrogen (secondary N) is 2. The standard InChI is InChI=1S/C23H32N6O3S/c1-6-11-33-23-27-21(26-15(2)3)17-14-25-29(22(17)28-23)10-9-24-20(30)13-16-7-8-18(31-4)19(12-16)32-5/h7-8,12,14-15H,6,9-11,13H2,1-5H3,(H,24,30)(H,26,27,28). The second kappa shape index (κ2) is 11.7. The molecule has 0 spiro atoms. The molecule has 0 saturated carbocycles. The molecule has 1 aromatic carbocycles. The molecular weight excluding hydrogens is 440 g/mol. The topological polar surface area (TPSA) is 103 Å². The first-order chi connectivity index (χ1) is 15.9. The van der Waals surface area contributed by atoms with Crippen LogP contribution in [-0.4, -0.2) is 58.2 Å². The number of hydrogen-bond acceptors (Lipinski definition) is 8. The quantitative estimate of drug-likeness (QED) is 0.305. The van der Waals surface area contributed by atoms with E-state index in [2.05, 4.69) is 41.5 Å². The minimum Gasteiger partial charge on any atom is -0.493 e. The van der Waals surface area contributed by atoms with Gasteiger partial charge >= 0.3 is 0 Å². The van der Waals surface area contributed by atoms with Crippen LogP contribution in [0.1, 0.15) is 32.8 Å². The molecule has 178 valence electrons. The van der Waals surface area contributed by atoms with Crippen LogP contribution in [0.25, 0.3) is 11.0 Å². The molecular formula is C23H32N6O3S. The maximum atomic E-state index is 12.5. The van der Waals surface area contributed by atoms with Crippen LogP contribution in [0.4, 0.5) is 5.82 Å². The number of carbonyl (C=O) groups is 1. The van der Waals surface area contributed by atoms with Crippen LogP contribution in [0.3, 0.4) is 0 Å². The van der Waals surface area contributed by atoms with Crippen LogP contribution < -0.4 is 20.1 Å². The molecule has 33 heavy (non-hydrogen) atoms. The van der Waals surface area contributed by atoms with E-state index in [1.54, 1.807) is 38.2 Å². The van der Waals surface area contributed by atoms with E-state index in [1.807, 2.05) is 16.8 Å². The van der Waals surface area contributed by atoms with Gasteiger partial charge in [0.25, 0.3) is 0 Å². The molecule has 0 aliphatic rings. The highest BCUT2D eigenvalue weighted by atomic mass is 32.2. The molecule has 0 unspecified atom stereocenters. The highest BCUT2D eigenvalue weighted by Crippen LogP contribution is 2.28. The van der Waals surface area contributed by atoms with Crippen molar-refractivity contribution in [1.29, 1.82) is 0 Å². The van der Waals surface area contributed by atoms with Gasteiger partial charge in [-0.2, -0.15) is 5.10 Å². The molecule has 3 rings (SSSR count). The summed E-state index contributed by atoms with van der Waals surface area (Å²) in [5.74, 6) is 2.91. The Hall–Kier alpha value is -3.01. The fraction of sp³-hybridized carbons (Fsp3) is 0.478. The van der Waals surface area contributed by atoms with Crippen molar-refractivity contribution in [3.8, 4) is 11.5 Å². The third-order valence-electron chi connectivity index (χ3n) is 4.79. The fourth-order valence-electron chi connectivity index (χ4n) is 3.28. The Morgan fingerprint density at radius 2 is 1.97 bits per heavy atom. The van der Waals surface area contributed by atoms with Crippen LogP contribution in [-0.2, 0) is 17.8 Å². The molecule has 0 saturated heterocycles. The molecule has 2 heterocycles. The molecule has 2 aromatic heterocycles. The largest absolute Gasteiger partial charge is 0.493 e. The fourth-order valence-corrected chi connectivity index (χ4v) is 3.97. The van der Waals surface area contributed by atoms with Gasteiger partial charge in [0, 0.05) is 18.3 Å². The van der Waals surface area contributed by atoms with Gasteiger partial charge in [-0.25, -0.2) is 14.6 Å². The van der Waals surface area contributed by atoms with Gasteiger partial charge in [0.1, 0.15) is 5.82 Å². The van der Waals surface area contributed by atoms with E-state index in [0.717, 1.165) is 39.7 Å². The molecule has 2 N–H and O–H groups in total. The van der Waals surface area contributed by atoms with E-state index in [9.17, 15) is 4.79 Å². The Morgan fingerprint density at radius 3 is 2.67 bits per heavy atom. The summed E-state index contributed by atoms with van der Waals surface area (Å²) in [5, 5.41) is 12.4. The maximum absolute atomic E-state index is 12.5. The normalized spacial score (nSPS) is 11.1. The number of anilines is 1. The molecule has 3 aromatic rings. The van der Waals surface area contributed by atoms with Crippen molar-refractivity contribution in [3.05, 3.63) is 30.0 Å². The number of carbonyl (C=O) groups excluding carboxylic acids is 1. The molecule has 0 fully saturated rings. The number of hydrogen-bond donors (Lipinski definition) is 2. The summed E-state index contributed by atoms with van der Waals surface area (Å²) >= 11 is 1.63. The second-order valence-electron chi connectivity index (χ2n) is 7.82. The zero-order chi connectivity index (χ0) is 23.8. The van der Waals surface area contributed by atoms with E-state index in [4.69, 9.17) is 14.5 Å². The van der Waals surface area contributed by atoms with Crippen LogP contribution in [0, 0.1) is 0 Å². The molecule has 9 nitrogen and oxygen atoms in total. The van der Waals surface area contributed by atoms with Crippen molar-refractivity contribution in [1.82, 2.24) is 25.1 Å². The predicted octanol–water partition coefficient (Wildman–Crippen LogP) is 3.52. The molecule has 1 amide bonds.